The summed E-state index contributed by atoms with van der Waals surface area (Å²) < 4.78 is 11.6. The Balaban J connectivity index is 0.000000102. The number of fused-ring (bicyclic) bond motifs is 15. The zero-order valence-corrected chi connectivity index (χ0v) is 69.9. The van der Waals surface area contributed by atoms with Crippen molar-refractivity contribution < 1.29 is 0 Å². The van der Waals surface area contributed by atoms with E-state index in [2.05, 4.69) is 470 Å². The van der Waals surface area contributed by atoms with Crippen molar-refractivity contribution in [3.8, 4) is 78.9 Å². The largest absolute Gasteiger partial charge is 0.344 e. The molecule has 18 aromatic carbocycles. The molecule has 7 heteroatoms. The molecule has 0 saturated heterocycles. The lowest BCUT2D eigenvalue weighted by atomic mass is 10.0. The molecule has 0 aliphatic carbocycles. The zero-order chi connectivity index (χ0) is 83.6. The topological polar surface area (TPSA) is 50.4 Å². The predicted octanol–water partition coefficient (Wildman–Crippen LogP) is 30.8. The van der Waals surface area contributed by atoms with E-state index in [1.807, 2.05) is 36.4 Å². The van der Waals surface area contributed by atoms with Crippen LogP contribution in [0.4, 0.5) is 0 Å². The van der Waals surface area contributed by atoms with Crippen molar-refractivity contribution in [2.24, 2.45) is 7.05 Å². The highest BCUT2D eigenvalue weighted by Crippen LogP contribution is 2.41. The second-order valence-electron chi connectivity index (χ2n) is 32.0. The van der Waals surface area contributed by atoms with Gasteiger partial charge in [-0.1, -0.05) is 314 Å². The SMILES string of the molecule is Cc1ccc(-n2c3ccc(-c4ccccc4)cc3c3cc(-c4ccccc4)ccc32)cc1.Cc1ccc2c(c1)c1cc(-c3nc(-c4ccccc4)cc(-c4ccccc4)n3)ccc1n2-c1ccccc1.Cc1ccc2c(c1)c1ccccc1n2-c1ccccc1.Cc1cccc(-n2c3ccccc3c3ccccc32)c1.Cn1c2ccccc2c2ccccc21. The van der Waals surface area contributed by atoms with Crippen LogP contribution in [0.15, 0.2) is 449 Å². The molecule has 0 bridgehead atoms. The van der Waals surface area contributed by atoms with Crippen LogP contribution in [-0.4, -0.2) is 32.8 Å². The molecule has 6 aromatic heterocycles. The first kappa shape index (κ1) is 76.7. The molecule has 0 unspecified atom stereocenters. The van der Waals surface area contributed by atoms with Gasteiger partial charge in [0.2, 0.25) is 0 Å². The van der Waals surface area contributed by atoms with Gasteiger partial charge in [0.25, 0.3) is 0 Å². The van der Waals surface area contributed by atoms with Gasteiger partial charge in [-0.15, -0.1) is 0 Å². The summed E-state index contributed by atoms with van der Waals surface area (Å²) in [6.45, 7) is 8.56. The first-order valence-electron chi connectivity index (χ1n) is 42.5. The van der Waals surface area contributed by atoms with E-state index in [0.29, 0.717) is 0 Å². The minimum atomic E-state index is 0.723. The third kappa shape index (κ3) is 14.9. The second-order valence-corrected chi connectivity index (χ2v) is 32.0. The lowest BCUT2D eigenvalue weighted by Gasteiger charge is -2.10. The molecule has 0 aliphatic rings. The summed E-state index contributed by atoms with van der Waals surface area (Å²) in [6, 6.07) is 159. The molecule has 6 heterocycles. The van der Waals surface area contributed by atoms with E-state index in [-0.39, 0.29) is 0 Å². The Labute approximate surface area is 721 Å². The van der Waals surface area contributed by atoms with Crippen LogP contribution in [-0.2, 0) is 7.05 Å². The van der Waals surface area contributed by atoms with Crippen LogP contribution in [0, 0.1) is 27.7 Å². The summed E-state index contributed by atoms with van der Waals surface area (Å²) in [6.07, 6.45) is 0. The molecular weight excluding hydrogens is 1500 g/mol. The number of benzene rings is 18. The fourth-order valence-corrected chi connectivity index (χ4v) is 17.9. The van der Waals surface area contributed by atoms with Gasteiger partial charge in [-0.05, 0) is 207 Å². The van der Waals surface area contributed by atoms with Crippen molar-refractivity contribution in [2.75, 3.05) is 0 Å². The second kappa shape index (κ2) is 33.7. The fourth-order valence-electron chi connectivity index (χ4n) is 17.9. The summed E-state index contributed by atoms with van der Waals surface area (Å²) in [5, 5.41) is 12.9. The molecule has 0 fully saturated rings. The van der Waals surface area contributed by atoms with E-state index in [9.17, 15) is 0 Å². The predicted molar refractivity (Wildman–Crippen MR) is 525 cm³/mol. The Morgan fingerprint density at radius 3 is 0.831 bits per heavy atom. The first-order valence-corrected chi connectivity index (χ1v) is 42.5. The molecule has 0 saturated carbocycles. The number of rotatable bonds is 9. The molecule has 24 aromatic rings. The van der Waals surface area contributed by atoms with E-state index < -0.39 is 0 Å². The number of nitrogens with zero attached hydrogens (tertiary/aromatic N) is 7. The van der Waals surface area contributed by atoms with Crippen LogP contribution in [0.3, 0.4) is 0 Å². The maximum atomic E-state index is 5.05. The lowest BCUT2D eigenvalue weighted by Crippen LogP contribution is -1.96. The third-order valence-electron chi connectivity index (χ3n) is 23.8. The lowest BCUT2D eigenvalue weighted by molar-refractivity contribution is 1.01. The number of aryl methyl sites for hydroxylation is 5. The van der Waals surface area contributed by atoms with Crippen LogP contribution < -0.4 is 0 Å². The molecule has 592 valence electrons. The summed E-state index contributed by atoms with van der Waals surface area (Å²) in [4.78, 5) is 10.1. The highest BCUT2D eigenvalue weighted by atomic mass is 15.0. The van der Waals surface area contributed by atoms with Crippen molar-refractivity contribution >= 4 is 109 Å². The summed E-state index contributed by atoms with van der Waals surface area (Å²) >= 11 is 0. The van der Waals surface area contributed by atoms with Crippen molar-refractivity contribution in [2.45, 2.75) is 27.7 Å². The summed E-state index contributed by atoms with van der Waals surface area (Å²) in [7, 11) is 2.12. The minimum Gasteiger partial charge on any atom is -0.344 e. The van der Waals surface area contributed by atoms with Crippen LogP contribution in [0.2, 0.25) is 0 Å². The maximum absolute atomic E-state index is 5.05. The van der Waals surface area contributed by atoms with E-state index >= 15 is 0 Å². The Kier molecular flexibility index (Phi) is 20.8. The van der Waals surface area contributed by atoms with Crippen LogP contribution in [0.25, 0.3) is 188 Å². The van der Waals surface area contributed by atoms with Crippen molar-refractivity contribution in [3.05, 3.63) is 471 Å². The van der Waals surface area contributed by atoms with E-state index in [0.717, 1.165) is 39.6 Å². The maximum Gasteiger partial charge on any atom is 0.160 e. The van der Waals surface area contributed by atoms with Crippen LogP contribution in [0.5, 0.6) is 0 Å². The smallest absolute Gasteiger partial charge is 0.160 e. The average molecular weight is 1590 g/mol. The van der Waals surface area contributed by atoms with Gasteiger partial charge in [-0.3, -0.25) is 0 Å². The van der Waals surface area contributed by atoms with Gasteiger partial charge >= 0.3 is 0 Å². The standard InChI is InChI=1S/C35H25N3.C31H23N.2C19H15N.C13H11N/c1-24-17-19-33-29(21-24)30-22-27(18-20-34(30)38(33)28-15-9-4-10-16-28)35-36-31(25-11-5-2-6-12-25)23-32(37-35)26-13-7-3-8-14-26;1-22-12-16-27(17-13-22)32-30-18-14-25(23-8-4-2-5-9-23)20-28(30)29-21-26(15-19-31(29)32)24-10-6-3-7-11-24;1-14-7-6-8-15(13-14)20-18-11-4-2-9-16(18)17-10-3-5-12-19(17)20;1-14-11-12-19-17(13-14)16-9-5-6-10-18(16)20(19)15-7-3-2-4-8-15;1-14-12-8-4-2-6-10(12)11-7-3-5-9-13(11)14/h2-23H,1H3;2-21H,1H3;2*2-13H,1H3;2-9H,1H3. The van der Waals surface area contributed by atoms with Gasteiger partial charge in [0.05, 0.1) is 55.5 Å². The molecule has 7 nitrogen and oxygen atoms in total. The molecule has 0 radical (unpaired) electrons. The first-order chi connectivity index (χ1) is 61.1. The van der Waals surface area contributed by atoms with Gasteiger partial charge in [-0.2, -0.15) is 0 Å². The fraction of sp³-hybridized carbons (Fsp3) is 0.0427. The molecule has 24 rings (SSSR count). The van der Waals surface area contributed by atoms with E-state index in [1.165, 1.54) is 171 Å². The van der Waals surface area contributed by atoms with Gasteiger partial charge in [0.15, 0.2) is 5.82 Å². The monoisotopic (exact) mass is 1590 g/mol. The quantitative estimate of drug-likeness (QED) is 0.145. The van der Waals surface area contributed by atoms with Crippen molar-refractivity contribution in [3.63, 3.8) is 0 Å². The highest BCUT2D eigenvalue weighted by molar-refractivity contribution is 6.14. The van der Waals surface area contributed by atoms with E-state index in [4.69, 9.17) is 9.97 Å². The number of hydrogen-bond acceptors (Lipinski definition) is 2. The molecule has 0 N–H and O–H groups in total. The minimum absolute atomic E-state index is 0.723. The summed E-state index contributed by atoms with van der Waals surface area (Å²) in [5.74, 6) is 0.723. The normalized spacial score (nSPS) is 11.3. The van der Waals surface area contributed by atoms with Crippen molar-refractivity contribution in [1.82, 2.24) is 32.8 Å². The van der Waals surface area contributed by atoms with Crippen molar-refractivity contribution in [1.29, 1.82) is 0 Å². The number of aromatic nitrogens is 7. The van der Waals surface area contributed by atoms with Gasteiger partial charge in [0, 0.05) is 111 Å². The Bertz CT molecular complexity index is 7730. The molecule has 0 aliphatic heterocycles. The molecule has 0 amide bonds. The molecule has 0 atom stereocenters. The molecular formula is C117H89N7. The highest BCUT2D eigenvalue weighted by Gasteiger charge is 2.20. The zero-order valence-electron chi connectivity index (χ0n) is 69.9. The average Bonchev–Trinajstić information content (AvgIpc) is 1.61. The van der Waals surface area contributed by atoms with E-state index in [1.54, 1.807) is 0 Å². The van der Waals surface area contributed by atoms with Gasteiger partial charge in [-0.25, -0.2) is 9.97 Å². The van der Waals surface area contributed by atoms with Crippen LogP contribution >= 0.6 is 0 Å². The molecule has 124 heavy (non-hydrogen) atoms. The van der Waals surface area contributed by atoms with Gasteiger partial charge in [0.1, 0.15) is 0 Å². The molecule has 0 spiro atoms. The number of hydrogen-bond donors (Lipinski definition) is 0. The van der Waals surface area contributed by atoms with Crippen LogP contribution in [0.1, 0.15) is 22.3 Å². The number of para-hydroxylation sites is 7. The van der Waals surface area contributed by atoms with Gasteiger partial charge < -0.3 is 22.8 Å². The Morgan fingerprint density at radius 1 is 0.161 bits per heavy atom. The Hall–Kier alpha value is -16.0. The third-order valence-corrected chi connectivity index (χ3v) is 23.8. The summed E-state index contributed by atoms with van der Waals surface area (Å²) in [5.41, 5.74) is 32.3. The Morgan fingerprint density at radius 2 is 0.427 bits per heavy atom.